The standard InChI is InChI=1S/C21H22O2/c1-13-7-9-19(16(10-13)12-23-5)21(4)15(3)17-8-6-14(2)11-18(17)20(21)22/h6-11H,3,12H2,1-2,4-5H3. The Labute approximate surface area is 137 Å². The van der Waals surface area contributed by atoms with Crippen molar-refractivity contribution in [2.24, 2.45) is 0 Å². The van der Waals surface area contributed by atoms with Crippen LogP contribution in [0.4, 0.5) is 0 Å². The van der Waals surface area contributed by atoms with Crippen LogP contribution in [-0.2, 0) is 16.8 Å². The predicted molar refractivity (Wildman–Crippen MR) is 93.8 cm³/mol. The number of carbonyl (C=O) groups is 1. The smallest absolute Gasteiger partial charge is 0.178 e. The second-order valence-electron chi connectivity index (χ2n) is 6.58. The summed E-state index contributed by atoms with van der Waals surface area (Å²) >= 11 is 0. The zero-order valence-corrected chi connectivity index (χ0v) is 14.2. The van der Waals surface area contributed by atoms with Gasteiger partial charge >= 0.3 is 0 Å². The first-order valence-electron chi connectivity index (χ1n) is 7.83. The van der Waals surface area contributed by atoms with Crippen molar-refractivity contribution in [1.82, 2.24) is 0 Å². The lowest BCUT2D eigenvalue weighted by Gasteiger charge is -2.27. The summed E-state index contributed by atoms with van der Waals surface area (Å²) < 4.78 is 5.35. The van der Waals surface area contributed by atoms with E-state index in [9.17, 15) is 4.79 Å². The van der Waals surface area contributed by atoms with E-state index in [1.807, 2.05) is 38.1 Å². The van der Waals surface area contributed by atoms with Crippen LogP contribution in [0, 0.1) is 13.8 Å². The van der Waals surface area contributed by atoms with Gasteiger partial charge in [0.25, 0.3) is 0 Å². The summed E-state index contributed by atoms with van der Waals surface area (Å²) in [4.78, 5) is 13.2. The first-order chi connectivity index (χ1) is 10.9. The van der Waals surface area contributed by atoms with E-state index in [0.29, 0.717) is 6.61 Å². The highest BCUT2D eigenvalue weighted by Gasteiger charge is 2.47. The fourth-order valence-corrected chi connectivity index (χ4v) is 3.55. The number of methoxy groups -OCH3 is 1. The summed E-state index contributed by atoms with van der Waals surface area (Å²) in [5.41, 5.74) is 6.19. The topological polar surface area (TPSA) is 26.3 Å². The average Bonchev–Trinajstić information content (AvgIpc) is 2.70. The molecule has 0 bridgehead atoms. The molecule has 0 N–H and O–H groups in total. The molecule has 0 radical (unpaired) electrons. The number of hydrogen-bond acceptors (Lipinski definition) is 2. The van der Waals surface area contributed by atoms with Crippen LogP contribution >= 0.6 is 0 Å². The molecule has 1 aliphatic carbocycles. The lowest BCUT2D eigenvalue weighted by Crippen LogP contribution is -2.29. The van der Waals surface area contributed by atoms with Crippen LogP contribution in [0.1, 0.15) is 45.1 Å². The monoisotopic (exact) mass is 306 g/mol. The quantitative estimate of drug-likeness (QED) is 0.827. The van der Waals surface area contributed by atoms with Gasteiger partial charge in [-0.05, 0) is 49.1 Å². The van der Waals surface area contributed by atoms with Crippen molar-refractivity contribution in [3.63, 3.8) is 0 Å². The van der Waals surface area contributed by atoms with Crippen molar-refractivity contribution in [2.75, 3.05) is 7.11 Å². The van der Waals surface area contributed by atoms with Gasteiger partial charge < -0.3 is 4.74 Å². The zero-order chi connectivity index (χ0) is 16.8. The Hall–Kier alpha value is -2.19. The highest BCUT2D eigenvalue weighted by Crippen LogP contribution is 2.48. The first-order valence-corrected chi connectivity index (χ1v) is 7.83. The van der Waals surface area contributed by atoms with E-state index in [1.54, 1.807) is 7.11 Å². The Kier molecular flexibility index (Phi) is 3.73. The first kappa shape index (κ1) is 15.7. The van der Waals surface area contributed by atoms with Gasteiger partial charge in [-0.1, -0.05) is 48.0 Å². The number of rotatable bonds is 3. The van der Waals surface area contributed by atoms with Crippen molar-refractivity contribution >= 4 is 11.4 Å². The highest BCUT2D eigenvalue weighted by molar-refractivity contribution is 6.20. The van der Waals surface area contributed by atoms with Crippen LogP contribution in [-0.4, -0.2) is 12.9 Å². The number of allylic oxidation sites excluding steroid dienone is 1. The molecule has 0 amide bonds. The molecule has 3 rings (SSSR count). The fraction of sp³-hybridized carbons (Fsp3) is 0.286. The molecule has 2 nitrogen and oxygen atoms in total. The number of fused-ring (bicyclic) bond motifs is 1. The van der Waals surface area contributed by atoms with E-state index in [-0.39, 0.29) is 5.78 Å². The van der Waals surface area contributed by atoms with Crippen molar-refractivity contribution < 1.29 is 9.53 Å². The van der Waals surface area contributed by atoms with Crippen LogP contribution < -0.4 is 0 Å². The second kappa shape index (κ2) is 5.47. The molecular formula is C21H22O2. The van der Waals surface area contributed by atoms with E-state index < -0.39 is 5.41 Å². The van der Waals surface area contributed by atoms with Crippen molar-refractivity contribution in [2.45, 2.75) is 32.8 Å². The molecule has 0 saturated carbocycles. The lowest BCUT2D eigenvalue weighted by molar-refractivity contribution is 0.0940. The maximum absolute atomic E-state index is 13.2. The number of benzene rings is 2. The summed E-state index contributed by atoms with van der Waals surface area (Å²) in [7, 11) is 1.68. The second-order valence-corrected chi connectivity index (χ2v) is 6.58. The molecule has 1 atom stereocenters. The maximum atomic E-state index is 13.2. The van der Waals surface area contributed by atoms with Crippen molar-refractivity contribution in [1.29, 1.82) is 0 Å². The summed E-state index contributed by atoms with van der Waals surface area (Å²) in [5.74, 6) is 0.127. The van der Waals surface area contributed by atoms with E-state index in [1.165, 1.54) is 0 Å². The van der Waals surface area contributed by atoms with Crippen LogP contribution in [0.2, 0.25) is 0 Å². The zero-order valence-electron chi connectivity index (χ0n) is 14.2. The molecule has 0 heterocycles. The molecule has 2 aromatic rings. The van der Waals surface area contributed by atoms with Crippen LogP contribution in [0.3, 0.4) is 0 Å². The minimum atomic E-state index is -0.725. The van der Waals surface area contributed by atoms with E-state index in [2.05, 4.69) is 25.6 Å². The molecule has 0 saturated heterocycles. The third kappa shape index (κ3) is 2.25. The van der Waals surface area contributed by atoms with Gasteiger partial charge in [0.05, 0.1) is 12.0 Å². The molecule has 0 aliphatic heterocycles. The Morgan fingerprint density at radius 3 is 2.39 bits per heavy atom. The Morgan fingerprint density at radius 2 is 1.70 bits per heavy atom. The van der Waals surface area contributed by atoms with Crippen molar-refractivity contribution in [3.8, 4) is 0 Å². The van der Waals surface area contributed by atoms with E-state index in [4.69, 9.17) is 4.74 Å². The fourth-order valence-electron chi connectivity index (χ4n) is 3.55. The van der Waals surface area contributed by atoms with Crippen LogP contribution in [0.15, 0.2) is 43.0 Å². The molecule has 2 heteroatoms. The summed E-state index contributed by atoms with van der Waals surface area (Å²) in [6.07, 6.45) is 0. The van der Waals surface area contributed by atoms with Gasteiger partial charge in [0.1, 0.15) is 0 Å². The van der Waals surface area contributed by atoms with Crippen LogP contribution in [0.5, 0.6) is 0 Å². The molecule has 1 unspecified atom stereocenters. The van der Waals surface area contributed by atoms with Gasteiger partial charge in [-0.15, -0.1) is 0 Å². The number of carbonyl (C=O) groups excluding carboxylic acids is 1. The van der Waals surface area contributed by atoms with Gasteiger partial charge in [0.15, 0.2) is 5.78 Å². The highest BCUT2D eigenvalue weighted by atomic mass is 16.5. The number of Topliss-reactive ketones (excluding diaryl/α,β-unsaturated/α-hetero) is 1. The van der Waals surface area contributed by atoms with Gasteiger partial charge in [-0.25, -0.2) is 0 Å². The number of aryl methyl sites for hydroxylation is 2. The molecule has 1 aliphatic rings. The van der Waals surface area contributed by atoms with Gasteiger partial charge in [0, 0.05) is 12.7 Å². The molecule has 0 fully saturated rings. The molecule has 118 valence electrons. The van der Waals surface area contributed by atoms with Crippen LogP contribution in [0.25, 0.3) is 5.57 Å². The summed E-state index contributed by atoms with van der Waals surface area (Å²) in [5, 5.41) is 0. The Morgan fingerprint density at radius 1 is 1.04 bits per heavy atom. The molecule has 0 spiro atoms. The van der Waals surface area contributed by atoms with E-state index in [0.717, 1.165) is 39.0 Å². The molecule has 23 heavy (non-hydrogen) atoms. The maximum Gasteiger partial charge on any atom is 0.178 e. The molecule has 2 aromatic carbocycles. The lowest BCUT2D eigenvalue weighted by atomic mass is 9.74. The Bertz CT molecular complexity index is 817. The summed E-state index contributed by atoms with van der Waals surface area (Å²) in [6, 6.07) is 12.2. The van der Waals surface area contributed by atoms with Gasteiger partial charge in [-0.3, -0.25) is 4.79 Å². The minimum absolute atomic E-state index is 0.127. The predicted octanol–water partition coefficient (Wildman–Crippen LogP) is 4.62. The normalized spacial score (nSPS) is 20.0. The Balaban J connectivity index is 2.21. The third-order valence-corrected chi connectivity index (χ3v) is 4.90. The molecular weight excluding hydrogens is 284 g/mol. The van der Waals surface area contributed by atoms with Crippen molar-refractivity contribution in [3.05, 3.63) is 76.4 Å². The average molecular weight is 306 g/mol. The largest absolute Gasteiger partial charge is 0.380 e. The van der Waals surface area contributed by atoms with Gasteiger partial charge in [-0.2, -0.15) is 0 Å². The number of ketones is 1. The SMILES string of the molecule is C=C1c2ccc(C)cc2C(=O)C1(C)c1ccc(C)cc1COC. The number of hydrogen-bond donors (Lipinski definition) is 0. The minimum Gasteiger partial charge on any atom is -0.380 e. The number of ether oxygens (including phenoxy) is 1. The summed E-state index contributed by atoms with van der Waals surface area (Å²) in [6.45, 7) is 10.8. The van der Waals surface area contributed by atoms with E-state index >= 15 is 0 Å². The third-order valence-electron chi connectivity index (χ3n) is 4.90. The van der Waals surface area contributed by atoms with Gasteiger partial charge in [0.2, 0.25) is 0 Å². The molecule has 0 aromatic heterocycles.